The molecule has 0 radical (unpaired) electrons. The standard InChI is InChI=1S/C17H26O2/c1-15(2,3)12-9-17(19,11-7-8-11)10-13(14(12)18)16(4,5)6/h9-11,19H,7-8H2,1-6H3. The second-order valence-corrected chi connectivity index (χ2v) is 8.11. The largest absolute Gasteiger partial charge is 0.381 e. The fraction of sp³-hybridized carbons (Fsp3) is 0.706. The molecule has 2 aliphatic carbocycles. The maximum Gasteiger partial charge on any atom is 0.185 e. The number of hydrogen-bond donors (Lipinski definition) is 1. The third kappa shape index (κ3) is 2.69. The lowest BCUT2D eigenvalue weighted by atomic mass is 9.69. The summed E-state index contributed by atoms with van der Waals surface area (Å²) in [5.41, 5.74) is 0.137. The highest BCUT2D eigenvalue weighted by Gasteiger charge is 2.47. The minimum absolute atomic E-state index is 0.102. The minimum Gasteiger partial charge on any atom is -0.381 e. The molecular formula is C17H26O2. The molecule has 106 valence electrons. The van der Waals surface area contributed by atoms with Gasteiger partial charge in [-0.15, -0.1) is 0 Å². The van der Waals surface area contributed by atoms with Crippen LogP contribution in [0.1, 0.15) is 54.4 Å². The third-order valence-corrected chi connectivity index (χ3v) is 4.09. The Morgan fingerprint density at radius 1 is 1.00 bits per heavy atom. The van der Waals surface area contributed by atoms with Gasteiger partial charge in [0.05, 0.1) is 0 Å². The number of aliphatic hydroxyl groups is 1. The smallest absolute Gasteiger partial charge is 0.185 e. The molecule has 0 heterocycles. The van der Waals surface area contributed by atoms with E-state index in [0.717, 1.165) is 24.0 Å². The molecule has 2 heteroatoms. The maximum absolute atomic E-state index is 12.7. The van der Waals surface area contributed by atoms with E-state index < -0.39 is 5.60 Å². The van der Waals surface area contributed by atoms with Crippen LogP contribution < -0.4 is 0 Å². The van der Waals surface area contributed by atoms with Crippen LogP contribution in [0.15, 0.2) is 23.3 Å². The van der Waals surface area contributed by atoms with Gasteiger partial charge in [-0.05, 0) is 41.7 Å². The maximum atomic E-state index is 12.7. The SMILES string of the molecule is CC(C)(C)C1=CC(O)(C2CC2)C=C(C(C)(C)C)C1=O. The normalized spacial score (nSPS) is 24.1. The minimum atomic E-state index is -0.918. The summed E-state index contributed by atoms with van der Waals surface area (Å²) in [6, 6.07) is 0. The molecule has 1 saturated carbocycles. The molecule has 0 atom stereocenters. The monoisotopic (exact) mass is 262 g/mol. The van der Waals surface area contributed by atoms with Gasteiger partial charge in [0, 0.05) is 11.1 Å². The molecule has 1 N–H and O–H groups in total. The number of allylic oxidation sites excluding steroid dienone is 2. The molecule has 0 unspecified atom stereocenters. The highest BCUT2D eigenvalue weighted by Crippen LogP contribution is 2.48. The van der Waals surface area contributed by atoms with Gasteiger partial charge < -0.3 is 5.11 Å². The quantitative estimate of drug-likeness (QED) is 0.783. The highest BCUT2D eigenvalue weighted by molar-refractivity contribution is 6.11. The van der Waals surface area contributed by atoms with Gasteiger partial charge >= 0.3 is 0 Å². The fourth-order valence-electron chi connectivity index (χ4n) is 2.68. The number of hydrogen-bond acceptors (Lipinski definition) is 2. The van der Waals surface area contributed by atoms with E-state index in [9.17, 15) is 9.90 Å². The van der Waals surface area contributed by atoms with Gasteiger partial charge in [0.1, 0.15) is 5.60 Å². The summed E-state index contributed by atoms with van der Waals surface area (Å²) in [5.74, 6) is 0.389. The number of rotatable bonds is 1. The summed E-state index contributed by atoms with van der Waals surface area (Å²) in [6.45, 7) is 12.2. The number of carbonyl (C=O) groups is 1. The molecule has 0 aliphatic heterocycles. The zero-order chi connectivity index (χ0) is 14.6. The molecule has 2 nitrogen and oxygen atoms in total. The predicted octanol–water partition coefficient (Wildman–Crippen LogP) is 3.66. The van der Waals surface area contributed by atoms with E-state index in [1.165, 1.54) is 0 Å². The summed E-state index contributed by atoms with van der Waals surface area (Å²) in [6.07, 6.45) is 5.74. The molecule has 0 aromatic carbocycles. The van der Waals surface area contributed by atoms with Gasteiger partial charge in [-0.25, -0.2) is 0 Å². The topological polar surface area (TPSA) is 37.3 Å². The van der Waals surface area contributed by atoms with Crippen LogP contribution in [0.2, 0.25) is 0 Å². The molecule has 2 rings (SSSR count). The van der Waals surface area contributed by atoms with Crippen molar-refractivity contribution in [2.24, 2.45) is 16.7 Å². The first-order valence-corrected chi connectivity index (χ1v) is 7.19. The lowest BCUT2D eigenvalue weighted by Gasteiger charge is -2.36. The van der Waals surface area contributed by atoms with Gasteiger partial charge in [0.25, 0.3) is 0 Å². The molecule has 0 aromatic heterocycles. The van der Waals surface area contributed by atoms with Crippen LogP contribution in [-0.2, 0) is 4.79 Å². The predicted molar refractivity (Wildman–Crippen MR) is 77.8 cm³/mol. The van der Waals surface area contributed by atoms with Crippen LogP contribution in [0.3, 0.4) is 0 Å². The zero-order valence-corrected chi connectivity index (χ0v) is 13.0. The fourth-order valence-corrected chi connectivity index (χ4v) is 2.68. The Kier molecular flexibility index (Phi) is 3.10. The van der Waals surface area contributed by atoms with Crippen LogP contribution >= 0.6 is 0 Å². The van der Waals surface area contributed by atoms with Crippen LogP contribution in [0.25, 0.3) is 0 Å². The lowest BCUT2D eigenvalue weighted by molar-refractivity contribution is -0.114. The third-order valence-electron chi connectivity index (χ3n) is 4.09. The Balaban J connectivity index is 2.54. The zero-order valence-electron chi connectivity index (χ0n) is 13.0. The van der Waals surface area contributed by atoms with E-state index >= 15 is 0 Å². The molecule has 2 aliphatic rings. The van der Waals surface area contributed by atoms with E-state index in [2.05, 4.69) is 0 Å². The summed E-state index contributed by atoms with van der Waals surface area (Å²) in [4.78, 5) is 12.7. The number of ketones is 1. The highest BCUT2D eigenvalue weighted by atomic mass is 16.3. The first kappa shape index (κ1) is 14.5. The van der Waals surface area contributed by atoms with Crippen molar-refractivity contribution in [1.29, 1.82) is 0 Å². The van der Waals surface area contributed by atoms with Gasteiger partial charge in [-0.1, -0.05) is 41.5 Å². The molecule has 19 heavy (non-hydrogen) atoms. The average Bonchev–Trinajstić information content (AvgIpc) is 3.01. The van der Waals surface area contributed by atoms with Crippen molar-refractivity contribution in [3.8, 4) is 0 Å². The van der Waals surface area contributed by atoms with Gasteiger partial charge in [-0.3, -0.25) is 4.79 Å². The Bertz CT molecular complexity index is 428. The van der Waals surface area contributed by atoms with Crippen LogP contribution in [-0.4, -0.2) is 16.5 Å². The van der Waals surface area contributed by atoms with Crippen molar-refractivity contribution < 1.29 is 9.90 Å². The van der Waals surface area contributed by atoms with E-state index in [-0.39, 0.29) is 22.5 Å². The Morgan fingerprint density at radius 2 is 1.37 bits per heavy atom. The molecule has 0 amide bonds. The van der Waals surface area contributed by atoms with Gasteiger partial charge in [0.15, 0.2) is 5.78 Å². The molecule has 0 spiro atoms. The first-order valence-electron chi connectivity index (χ1n) is 7.19. The van der Waals surface area contributed by atoms with Gasteiger partial charge in [0.2, 0.25) is 0 Å². The Labute approximate surface area is 116 Å². The van der Waals surface area contributed by atoms with Crippen molar-refractivity contribution in [2.45, 2.75) is 60.0 Å². The lowest BCUT2D eigenvalue weighted by Crippen LogP contribution is -2.38. The van der Waals surface area contributed by atoms with Gasteiger partial charge in [-0.2, -0.15) is 0 Å². The van der Waals surface area contributed by atoms with E-state index in [4.69, 9.17) is 0 Å². The molecule has 0 bridgehead atoms. The average molecular weight is 262 g/mol. The summed E-state index contributed by atoms with van der Waals surface area (Å²) < 4.78 is 0. The second-order valence-electron chi connectivity index (χ2n) is 8.11. The summed E-state index contributed by atoms with van der Waals surface area (Å²) in [7, 11) is 0. The van der Waals surface area contributed by atoms with Crippen molar-refractivity contribution in [3.63, 3.8) is 0 Å². The summed E-state index contributed by atoms with van der Waals surface area (Å²) in [5, 5.41) is 10.9. The van der Waals surface area contributed by atoms with Crippen LogP contribution in [0, 0.1) is 16.7 Å². The number of Topliss-reactive ketones (excluding diaryl/α,β-unsaturated/α-hetero) is 1. The van der Waals surface area contributed by atoms with Crippen LogP contribution in [0.5, 0.6) is 0 Å². The van der Waals surface area contributed by atoms with Crippen molar-refractivity contribution in [2.75, 3.05) is 0 Å². The summed E-state index contributed by atoms with van der Waals surface area (Å²) >= 11 is 0. The molecule has 0 aromatic rings. The van der Waals surface area contributed by atoms with Crippen molar-refractivity contribution in [1.82, 2.24) is 0 Å². The molecular weight excluding hydrogens is 236 g/mol. The second kappa shape index (κ2) is 4.05. The van der Waals surface area contributed by atoms with E-state index in [1.54, 1.807) is 0 Å². The van der Waals surface area contributed by atoms with Crippen LogP contribution in [0.4, 0.5) is 0 Å². The number of carbonyl (C=O) groups excluding carboxylic acids is 1. The van der Waals surface area contributed by atoms with E-state index in [0.29, 0.717) is 0 Å². The Morgan fingerprint density at radius 3 is 1.63 bits per heavy atom. The molecule has 0 saturated heterocycles. The molecule has 1 fully saturated rings. The van der Waals surface area contributed by atoms with Crippen molar-refractivity contribution >= 4 is 5.78 Å². The van der Waals surface area contributed by atoms with Crippen molar-refractivity contribution in [3.05, 3.63) is 23.3 Å². The van der Waals surface area contributed by atoms with E-state index in [1.807, 2.05) is 53.7 Å². The first-order chi connectivity index (χ1) is 8.45. The Hall–Kier alpha value is -0.890.